The topological polar surface area (TPSA) is 68.7 Å². The summed E-state index contributed by atoms with van der Waals surface area (Å²) in [4.78, 5) is 14.8. The number of carbonyl (C=O) groups is 1. The van der Waals surface area contributed by atoms with E-state index >= 15 is 0 Å². The van der Waals surface area contributed by atoms with Crippen LogP contribution in [0.4, 0.5) is 8.78 Å². The lowest BCUT2D eigenvalue weighted by molar-refractivity contribution is 0.0943. The number of carbonyl (C=O) groups excluding carboxylic acids is 1. The molecule has 1 aromatic heterocycles. The number of hydrogen-bond acceptors (Lipinski definition) is 2. The zero-order chi connectivity index (χ0) is 15.9. The molecular weight excluding hydrogens is 288 g/mol. The molecule has 6 heteroatoms. The van der Waals surface area contributed by atoms with Crippen LogP contribution in [0.5, 0.6) is 0 Å². The van der Waals surface area contributed by atoms with Crippen LogP contribution in [0.25, 0.3) is 0 Å². The van der Waals surface area contributed by atoms with Gasteiger partial charge in [-0.3, -0.25) is 4.79 Å². The highest BCUT2D eigenvalue weighted by atomic mass is 19.1. The summed E-state index contributed by atoms with van der Waals surface area (Å²) >= 11 is 0. The number of rotatable bonds is 3. The molecule has 112 valence electrons. The van der Waals surface area contributed by atoms with Gasteiger partial charge in [0.15, 0.2) is 0 Å². The first-order valence-electron chi connectivity index (χ1n) is 6.79. The van der Waals surface area contributed by atoms with E-state index < -0.39 is 23.0 Å². The number of nitriles is 1. The molecule has 0 unspecified atom stereocenters. The van der Waals surface area contributed by atoms with E-state index in [2.05, 4.69) is 10.3 Å². The maximum absolute atomic E-state index is 13.9. The van der Waals surface area contributed by atoms with Crippen molar-refractivity contribution < 1.29 is 13.6 Å². The molecular formula is C16H13F2N3O. The minimum Gasteiger partial charge on any atom is -0.356 e. The highest BCUT2D eigenvalue weighted by Crippen LogP contribution is 2.49. The molecule has 0 radical (unpaired) electrons. The number of H-pyrrole nitrogens is 1. The Labute approximate surface area is 125 Å². The van der Waals surface area contributed by atoms with Crippen LogP contribution in [0.3, 0.4) is 0 Å². The number of aromatic nitrogens is 1. The zero-order valence-electron chi connectivity index (χ0n) is 11.8. The van der Waals surface area contributed by atoms with E-state index in [4.69, 9.17) is 5.26 Å². The van der Waals surface area contributed by atoms with Crippen molar-refractivity contribution >= 4 is 5.91 Å². The lowest BCUT2D eigenvalue weighted by Gasteiger charge is -2.14. The fraction of sp³-hybridized carbons (Fsp3) is 0.250. The van der Waals surface area contributed by atoms with Gasteiger partial charge in [-0.05, 0) is 24.6 Å². The van der Waals surface area contributed by atoms with Gasteiger partial charge in [-0.25, -0.2) is 8.78 Å². The summed E-state index contributed by atoms with van der Waals surface area (Å²) in [5, 5.41) is 11.5. The highest BCUT2D eigenvalue weighted by molar-refractivity contribution is 5.93. The van der Waals surface area contributed by atoms with E-state index in [0.717, 1.165) is 0 Å². The van der Waals surface area contributed by atoms with Crippen molar-refractivity contribution in [3.8, 4) is 6.07 Å². The maximum Gasteiger partial charge on any atom is 0.267 e. The summed E-state index contributed by atoms with van der Waals surface area (Å²) in [5.41, 5.74) is -0.149. The monoisotopic (exact) mass is 301 g/mol. The van der Waals surface area contributed by atoms with Crippen molar-refractivity contribution in [3.05, 3.63) is 58.9 Å². The SMILES string of the molecule is C[C@]1(c2c(F)cccc2F)C[C@@H]1NC(=O)c1cc(C#N)c[nH]1. The van der Waals surface area contributed by atoms with Crippen molar-refractivity contribution in [3.63, 3.8) is 0 Å². The molecule has 3 rings (SSSR count). The highest BCUT2D eigenvalue weighted by Gasteiger charge is 2.55. The van der Waals surface area contributed by atoms with Gasteiger partial charge in [-0.1, -0.05) is 13.0 Å². The number of amides is 1. The Morgan fingerprint density at radius 2 is 2.14 bits per heavy atom. The van der Waals surface area contributed by atoms with Crippen molar-refractivity contribution in [2.24, 2.45) is 0 Å². The van der Waals surface area contributed by atoms with E-state index in [1.807, 2.05) is 6.07 Å². The van der Waals surface area contributed by atoms with Gasteiger partial charge in [0, 0.05) is 23.2 Å². The molecule has 22 heavy (non-hydrogen) atoms. The first kappa shape index (κ1) is 14.3. The van der Waals surface area contributed by atoms with E-state index in [1.165, 1.54) is 30.5 Å². The molecule has 2 atom stereocenters. The molecule has 2 aromatic rings. The zero-order valence-corrected chi connectivity index (χ0v) is 11.8. The third kappa shape index (κ3) is 2.25. The summed E-state index contributed by atoms with van der Waals surface area (Å²) in [6, 6.07) is 6.74. The lowest BCUT2D eigenvalue weighted by Crippen LogP contribution is -2.31. The van der Waals surface area contributed by atoms with Crippen molar-refractivity contribution in [1.82, 2.24) is 10.3 Å². The predicted octanol–water partition coefficient (Wildman–Crippen LogP) is 2.62. The Bertz CT molecular complexity index is 773. The summed E-state index contributed by atoms with van der Waals surface area (Å²) in [5.74, 6) is -1.61. The lowest BCUT2D eigenvalue weighted by atomic mass is 9.96. The van der Waals surface area contributed by atoms with Crippen LogP contribution in [0.1, 0.15) is 35.0 Å². The van der Waals surface area contributed by atoms with Gasteiger partial charge >= 0.3 is 0 Å². The minimum absolute atomic E-state index is 0.00417. The third-order valence-electron chi connectivity index (χ3n) is 4.13. The third-order valence-corrected chi connectivity index (χ3v) is 4.13. The second-order valence-corrected chi connectivity index (χ2v) is 5.66. The van der Waals surface area contributed by atoms with Crippen molar-refractivity contribution in [2.45, 2.75) is 24.8 Å². The van der Waals surface area contributed by atoms with Crippen LogP contribution >= 0.6 is 0 Å². The minimum atomic E-state index is -0.754. The fourth-order valence-electron chi connectivity index (χ4n) is 2.72. The van der Waals surface area contributed by atoms with Gasteiger partial charge in [0.2, 0.25) is 0 Å². The van der Waals surface area contributed by atoms with Gasteiger partial charge in [-0.2, -0.15) is 5.26 Å². The van der Waals surface area contributed by atoms with Crippen molar-refractivity contribution in [2.75, 3.05) is 0 Å². The Morgan fingerprint density at radius 3 is 2.73 bits per heavy atom. The Balaban J connectivity index is 1.77. The molecule has 1 aliphatic carbocycles. The van der Waals surface area contributed by atoms with E-state index in [0.29, 0.717) is 12.0 Å². The first-order valence-corrected chi connectivity index (χ1v) is 6.79. The number of nitrogens with one attached hydrogen (secondary N) is 2. The van der Waals surface area contributed by atoms with Crippen LogP contribution in [0.15, 0.2) is 30.5 Å². The number of aromatic amines is 1. The van der Waals surface area contributed by atoms with E-state index in [-0.39, 0.29) is 17.3 Å². The predicted molar refractivity (Wildman–Crippen MR) is 75.1 cm³/mol. The van der Waals surface area contributed by atoms with Gasteiger partial charge in [0.05, 0.1) is 5.56 Å². The van der Waals surface area contributed by atoms with Gasteiger partial charge < -0.3 is 10.3 Å². The van der Waals surface area contributed by atoms with Gasteiger partial charge in [0.25, 0.3) is 5.91 Å². The average molecular weight is 301 g/mol. The molecule has 0 spiro atoms. The second-order valence-electron chi connectivity index (χ2n) is 5.66. The average Bonchev–Trinajstić information content (AvgIpc) is 2.91. The molecule has 1 heterocycles. The normalized spacial score (nSPS) is 22.9. The number of nitrogens with zero attached hydrogens (tertiary/aromatic N) is 1. The summed E-state index contributed by atoms with van der Waals surface area (Å²) in [6.07, 6.45) is 1.89. The summed E-state index contributed by atoms with van der Waals surface area (Å²) < 4.78 is 27.7. The molecule has 1 aromatic carbocycles. The van der Waals surface area contributed by atoms with Crippen LogP contribution < -0.4 is 5.32 Å². The molecule has 0 aliphatic heterocycles. The van der Waals surface area contributed by atoms with E-state index in [9.17, 15) is 13.6 Å². The Morgan fingerprint density at radius 1 is 1.45 bits per heavy atom. The molecule has 4 nitrogen and oxygen atoms in total. The number of halogens is 2. The summed E-state index contributed by atoms with van der Waals surface area (Å²) in [7, 11) is 0. The van der Waals surface area contributed by atoms with E-state index in [1.54, 1.807) is 6.92 Å². The van der Waals surface area contributed by atoms with Crippen LogP contribution in [0, 0.1) is 23.0 Å². The Kier molecular flexibility index (Phi) is 3.21. The largest absolute Gasteiger partial charge is 0.356 e. The van der Waals surface area contributed by atoms with Crippen molar-refractivity contribution in [1.29, 1.82) is 5.26 Å². The fourth-order valence-corrected chi connectivity index (χ4v) is 2.72. The quantitative estimate of drug-likeness (QED) is 0.915. The van der Waals surface area contributed by atoms with Gasteiger partial charge in [-0.15, -0.1) is 0 Å². The molecule has 2 N–H and O–H groups in total. The molecule has 1 saturated carbocycles. The second kappa shape index (κ2) is 4.95. The molecule has 1 amide bonds. The smallest absolute Gasteiger partial charge is 0.267 e. The van der Waals surface area contributed by atoms with Crippen LogP contribution in [-0.4, -0.2) is 16.9 Å². The molecule has 0 saturated heterocycles. The maximum atomic E-state index is 13.9. The molecule has 1 aliphatic rings. The van der Waals surface area contributed by atoms with Crippen LogP contribution in [-0.2, 0) is 5.41 Å². The molecule has 1 fully saturated rings. The van der Waals surface area contributed by atoms with Crippen LogP contribution in [0.2, 0.25) is 0 Å². The van der Waals surface area contributed by atoms with Gasteiger partial charge in [0.1, 0.15) is 23.4 Å². The standard InChI is InChI=1S/C16H13F2N3O/c1-16(14-10(17)3-2-4-11(14)18)6-13(16)21-15(22)12-5-9(7-19)8-20-12/h2-5,8,13,20H,6H2,1H3,(H,21,22)/t13-,16-/m0/s1. The number of benzene rings is 1. The Hall–Kier alpha value is -2.68. The first-order chi connectivity index (χ1) is 10.5. The number of hydrogen-bond donors (Lipinski definition) is 2. The summed E-state index contributed by atoms with van der Waals surface area (Å²) in [6.45, 7) is 1.72. The molecule has 0 bridgehead atoms.